The Balaban J connectivity index is 2.40. The lowest BCUT2D eigenvalue weighted by Gasteiger charge is -2.05. The minimum absolute atomic E-state index is 0.207. The first-order valence-electron chi connectivity index (χ1n) is 5.12. The van der Waals surface area contributed by atoms with Crippen molar-refractivity contribution >= 4 is 17.1 Å². The van der Waals surface area contributed by atoms with Crippen molar-refractivity contribution in [3.05, 3.63) is 62.4 Å². The van der Waals surface area contributed by atoms with Gasteiger partial charge in [-0.3, -0.25) is 9.89 Å². The van der Waals surface area contributed by atoms with Crippen molar-refractivity contribution in [2.45, 2.75) is 0 Å². The highest BCUT2D eigenvalue weighted by Crippen LogP contribution is 2.11. The second-order valence-corrected chi connectivity index (χ2v) is 4.10. The van der Waals surface area contributed by atoms with Crippen LogP contribution < -0.4 is 11.2 Å². The Morgan fingerprint density at radius 2 is 2.06 bits per heavy atom. The first-order chi connectivity index (χ1) is 8.66. The molecule has 6 nitrogen and oxygen atoms in total. The summed E-state index contributed by atoms with van der Waals surface area (Å²) >= 11 is 5.85. The molecule has 0 aliphatic carbocycles. The molecule has 0 aliphatic heterocycles. The zero-order valence-corrected chi connectivity index (χ0v) is 9.76. The maximum Gasteiger partial charge on any atom is 0.368 e. The SMILES string of the molecule is O=c1[nH]n(-c2cccc(Cl)c2)c(=O)n2nccc12. The number of aromatic amines is 1. The van der Waals surface area contributed by atoms with E-state index in [1.165, 1.54) is 12.3 Å². The van der Waals surface area contributed by atoms with Crippen LogP contribution in [-0.2, 0) is 0 Å². The summed E-state index contributed by atoms with van der Waals surface area (Å²) in [6.07, 6.45) is 1.40. The highest BCUT2D eigenvalue weighted by molar-refractivity contribution is 6.30. The lowest BCUT2D eigenvalue weighted by Crippen LogP contribution is -2.34. The third kappa shape index (κ3) is 1.54. The normalized spacial score (nSPS) is 10.9. The number of halogens is 1. The fourth-order valence-corrected chi connectivity index (χ4v) is 1.90. The van der Waals surface area contributed by atoms with E-state index < -0.39 is 11.2 Å². The van der Waals surface area contributed by atoms with Gasteiger partial charge in [0.15, 0.2) is 0 Å². The molecule has 0 spiro atoms. The van der Waals surface area contributed by atoms with Gasteiger partial charge in [-0.1, -0.05) is 17.7 Å². The summed E-state index contributed by atoms with van der Waals surface area (Å²) in [7, 11) is 0. The van der Waals surface area contributed by atoms with Crippen LogP contribution in [0.5, 0.6) is 0 Å². The van der Waals surface area contributed by atoms with Crippen LogP contribution in [0, 0.1) is 0 Å². The first kappa shape index (κ1) is 10.8. The van der Waals surface area contributed by atoms with Crippen LogP contribution in [0.25, 0.3) is 11.2 Å². The minimum Gasteiger partial charge on any atom is -0.266 e. The molecule has 0 fully saturated rings. The van der Waals surface area contributed by atoms with Gasteiger partial charge < -0.3 is 0 Å². The van der Waals surface area contributed by atoms with Gasteiger partial charge >= 0.3 is 5.69 Å². The Morgan fingerprint density at radius 3 is 2.83 bits per heavy atom. The molecule has 0 unspecified atom stereocenters. The Bertz CT molecular complexity index is 846. The summed E-state index contributed by atoms with van der Waals surface area (Å²) in [4.78, 5) is 23.9. The zero-order valence-electron chi connectivity index (χ0n) is 9.00. The Labute approximate surface area is 105 Å². The Morgan fingerprint density at radius 1 is 1.22 bits per heavy atom. The van der Waals surface area contributed by atoms with E-state index in [2.05, 4.69) is 10.2 Å². The largest absolute Gasteiger partial charge is 0.368 e. The summed E-state index contributed by atoms with van der Waals surface area (Å²) < 4.78 is 2.15. The van der Waals surface area contributed by atoms with Crippen LogP contribution in [0.2, 0.25) is 5.02 Å². The second kappa shape index (κ2) is 3.85. The fraction of sp³-hybridized carbons (Fsp3) is 0. The van der Waals surface area contributed by atoms with Crippen molar-refractivity contribution in [1.82, 2.24) is 19.4 Å². The van der Waals surface area contributed by atoms with Crippen LogP contribution >= 0.6 is 11.6 Å². The molecule has 1 N–H and O–H groups in total. The average Bonchev–Trinajstić information content (AvgIpc) is 2.83. The van der Waals surface area contributed by atoms with Gasteiger partial charge in [0.1, 0.15) is 5.52 Å². The quantitative estimate of drug-likeness (QED) is 0.706. The number of aromatic nitrogens is 4. The first-order valence-corrected chi connectivity index (χ1v) is 5.49. The standard InChI is InChI=1S/C11H7ClN4O2/c12-7-2-1-3-8(6-7)15-11(18)16-9(4-5-13-16)10(17)14-15/h1-6H,(H,14,17). The molecular formula is C11H7ClN4O2. The predicted octanol–water partition coefficient (Wildman–Crippen LogP) is 0.827. The number of rotatable bonds is 1. The van der Waals surface area contributed by atoms with Gasteiger partial charge in [-0.05, 0) is 24.3 Å². The average molecular weight is 263 g/mol. The van der Waals surface area contributed by atoms with E-state index in [1.54, 1.807) is 24.3 Å². The van der Waals surface area contributed by atoms with E-state index in [0.29, 0.717) is 10.7 Å². The Kier molecular flexibility index (Phi) is 2.31. The van der Waals surface area contributed by atoms with Crippen molar-refractivity contribution in [1.29, 1.82) is 0 Å². The Hall–Kier alpha value is -2.34. The molecule has 7 heteroatoms. The van der Waals surface area contributed by atoms with E-state index >= 15 is 0 Å². The molecule has 2 aromatic heterocycles. The number of fused-ring (bicyclic) bond motifs is 1. The topological polar surface area (TPSA) is 72.2 Å². The maximum atomic E-state index is 12.1. The van der Waals surface area contributed by atoms with E-state index in [1.807, 2.05) is 0 Å². The van der Waals surface area contributed by atoms with Gasteiger partial charge in [0.25, 0.3) is 5.56 Å². The van der Waals surface area contributed by atoms with Gasteiger partial charge in [0, 0.05) is 5.02 Å². The molecule has 0 saturated heterocycles. The van der Waals surface area contributed by atoms with Gasteiger partial charge in [-0.15, -0.1) is 0 Å². The van der Waals surface area contributed by atoms with Crippen molar-refractivity contribution < 1.29 is 0 Å². The second-order valence-electron chi connectivity index (χ2n) is 3.67. The van der Waals surface area contributed by atoms with Crippen molar-refractivity contribution in [3.8, 4) is 5.69 Å². The third-order valence-corrected chi connectivity index (χ3v) is 2.76. The number of hydrogen-bond donors (Lipinski definition) is 1. The molecule has 2 heterocycles. The van der Waals surface area contributed by atoms with E-state index in [0.717, 1.165) is 9.20 Å². The monoisotopic (exact) mass is 262 g/mol. The van der Waals surface area contributed by atoms with Gasteiger partial charge in [-0.25, -0.2) is 9.48 Å². The molecule has 3 aromatic rings. The van der Waals surface area contributed by atoms with Gasteiger partial charge in [0.2, 0.25) is 0 Å². The van der Waals surface area contributed by atoms with Crippen LogP contribution in [0.3, 0.4) is 0 Å². The highest BCUT2D eigenvalue weighted by atomic mass is 35.5. The number of benzene rings is 1. The van der Waals surface area contributed by atoms with Crippen LogP contribution in [0.15, 0.2) is 46.1 Å². The van der Waals surface area contributed by atoms with Crippen LogP contribution in [0.1, 0.15) is 0 Å². The molecule has 0 atom stereocenters. The lowest BCUT2D eigenvalue weighted by atomic mass is 10.3. The highest BCUT2D eigenvalue weighted by Gasteiger charge is 2.08. The smallest absolute Gasteiger partial charge is 0.266 e. The summed E-state index contributed by atoms with van der Waals surface area (Å²) in [6.45, 7) is 0. The molecule has 18 heavy (non-hydrogen) atoms. The van der Waals surface area contributed by atoms with Gasteiger partial charge in [-0.2, -0.15) is 9.61 Å². The number of nitrogens with zero attached hydrogens (tertiary/aromatic N) is 3. The lowest BCUT2D eigenvalue weighted by molar-refractivity contribution is 0.699. The summed E-state index contributed by atoms with van der Waals surface area (Å²) in [5.74, 6) is 0. The predicted molar refractivity (Wildman–Crippen MR) is 66.4 cm³/mol. The molecule has 3 rings (SSSR count). The van der Waals surface area contributed by atoms with E-state index in [9.17, 15) is 9.59 Å². The maximum absolute atomic E-state index is 12.1. The summed E-state index contributed by atoms with van der Waals surface area (Å²) in [5, 5.41) is 6.77. The van der Waals surface area contributed by atoms with Gasteiger partial charge in [0.05, 0.1) is 11.9 Å². The molecule has 1 aromatic carbocycles. The van der Waals surface area contributed by atoms with E-state index in [4.69, 9.17) is 11.6 Å². The molecule has 0 saturated carbocycles. The minimum atomic E-state index is -0.461. The zero-order chi connectivity index (χ0) is 12.7. The van der Waals surface area contributed by atoms with Crippen LogP contribution in [0.4, 0.5) is 0 Å². The molecular weight excluding hydrogens is 256 g/mol. The van der Waals surface area contributed by atoms with Crippen molar-refractivity contribution in [2.24, 2.45) is 0 Å². The summed E-state index contributed by atoms with van der Waals surface area (Å²) in [6, 6.07) is 8.09. The number of hydrogen-bond acceptors (Lipinski definition) is 3. The summed E-state index contributed by atoms with van der Waals surface area (Å²) in [5.41, 5.74) is -0.177. The third-order valence-electron chi connectivity index (χ3n) is 2.53. The number of nitrogens with one attached hydrogen (secondary N) is 1. The molecule has 0 aliphatic rings. The van der Waals surface area contributed by atoms with Crippen molar-refractivity contribution in [2.75, 3.05) is 0 Å². The molecule has 0 amide bonds. The fourth-order valence-electron chi connectivity index (χ4n) is 1.72. The molecule has 0 radical (unpaired) electrons. The van der Waals surface area contributed by atoms with Crippen molar-refractivity contribution in [3.63, 3.8) is 0 Å². The molecule has 0 bridgehead atoms. The number of H-pyrrole nitrogens is 1. The molecule has 90 valence electrons. The van der Waals surface area contributed by atoms with Crippen LogP contribution in [-0.4, -0.2) is 19.4 Å². The van der Waals surface area contributed by atoms with E-state index in [-0.39, 0.29) is 5.52 Å².